The second kappa shape index (κ2) is 7.09. The molecule has 2 aromatic carbocycles. The largest absolute Gasteiger partial charge is 0.323 e. The zero-order chi connectivity index (χ0) is 16.1. The number of halogens is 1. The Morgan fingerprint density at radius 1 is 1.09 bits per heavy atom. The van der Waals surface area contributed by atoms with Crippen LogP contribution in [0.3, 0.4) is 0 Å². The van der Waals surface area contributed by atoms with Gasteiger partial charge in [-0.2, -0.15) is 0 Å². The number of nitrogens with zero attached hydrogens (tertiary/aromatic N) is 1. The molecular formula is C17H17ClN2O2. The van der Waals surface area contributed by atoms with E-state index in [2.05, 4.69) is 5.32 Å². The first-order valence-corrected chi connectivity index (χ1v) is 7.25. The second-order valence-corrected chi connectivity index (χ2v) is 5.33. The molecule has 0 unspecified atom stereocenters. The highest BCUT2D eigenvalue weighted by atomic mass is 35.5. The summed E-state index contributed by atoms with van der Waals surface area (Å²) in [6.45, 7) is 3.28. The highest BCUT2D eigenvalue weighted by molar-refractivity contribution is 6.33. The van der Waals surface area contributed by atoms with Gasteiger partial charge in [0.05, 0.1) is 10.7 Å². The molecule has 5 heteroatoms. The molecule has 0 aliphatic rings. The molecule has 0 fully saturated rings. The number of rotatable bonds is 4. The lowest BCUT2D eigenvalue weighted by Crippen LogP contribution is -2.37. The molecule has 114 valence electrons. The lowest BCUT2D eigenvalue weighted by atomic mass is 10.2. The van der Waals surface area contributed by atoms with Gasteiger partial charge in [-0.05, 0) is 30.7 Å². The van der Waals surface area contributed by atoms with E-state index in [1.165, 1.54) is 11.8 Å². The van der Waals surface area contributed by atoms with E-state index in [-0.39, 0.29) is 18.4 Å². The van der Waals surface area contributed by atoms with Gasteiger partial charge in [-0.3, -0.25) is 9.59 Å². The van der Waals surface area contributed by atoms with E-state index >= 15 is 0 Å². The number of amides is 2. The normalized spacial score (nSPS) is 10.1. The third kappa shape index (κ3) is 3.86. The zero-order valence-electron chi connectivity index (χ0n) is 12.5. The third-order valence-corrected chi connectivity index (χ3v) is 3.57. The molecule has 0 heterocycles. The second-order valence-electron chi connectivity index (χ2n) is 4.92. The summed E-state index contributed by atoms with van der Waals surface area (Å²) >= 11 is 6.01. The first kappa shape index (κ1) is 16.0. The van der Waals surface area contributed by atoms with E-state index in [1.54, 1.807) is 24.3 Å². The number of benzene rings is 2. The Morgan fingerprint density at radius 2 is 1.73 bits per heavy atom. The molecule has 0 spiro atoms. The minimum atomic E-state index is -0.299. The predicted molar refractivity (Wildman–Crippen MR) is 89.3 cm³/mol. The van der Waals surface area contributed by atoms with Gasteiger partial charge in [0.15, 0.2) is 0 Å². The lowest BCUT2D eigenvalue weighted by molar-refractivity contribution is -0.120. The molecule has 2 rings (SSSR count). The Labute approximate surface area is 134 Å². The minimum absolute atomic E-state index is 0.0641. The van der Waals surface area contributed by atoms with Crippen LogP contribution in [0.4, 0.5) is 11.4 Å². The molecule has 0 saturated carbocycles. The van der Waals surface area contributed by atoms with E-state index in [1.807, 2.05) is 31.2 Å². The summed E-state index contributed by atoms with van der Waals surface area (Å²) in [6.07, 6.45) is 0. The highest BCUT2D eigenvalue weighted by Gasteiger charge is 2.17. The molecule has 4 nitrogen and oxygen atoms in total. The van der Waals surface area contributed by atoms with Crippen molar-refractivity contribution < 1.29 is 9.59 Å². The molecule has 22 heavy (non-hydrogen) atoms. The number of para-hydroxylation sites is 2. The van der Waals surface area contributed by atoms with Crippen LogP contribution in [0.1, 0.15) is 12.5 Å². The lowest BCUT2D eigenvalue weighted by Gasteiger charge is -2.22. The number of anilines is 2. The molecule has 0 radical (unpaired) electrons. The van der Waals surface area contributed by atoms with Crippen molar-refractivity contribution in [3.63, 3.8) is 0 Å². The van der Waals surface area contributed by atoms with Crippen molar-refractivity contribution in [3.05, 3.63) is 59.1 Å². The van der Waals surface area contributed by atoms with Crippen LogP contribution in [0.25, 0.3) is 0 Å². The fraction of sp³-hybridized carbons (Fsp3) is 0.176. The average molecular weight is 317 g/mol. The molecule has 0 aliphatic carbocycles. The Hall–Kier alpha value is -2.33. The van der Waals surface area contributed by atoms with Crippen molar-refractivity contribution in [2.24, 2.45) is 0 Å². The van der Waals surface area contributed by atoms with Crippen LogP contribution < -0.4 is 10.2 Å². The fourth-order valence-electron chi connectivity index (χ4n) is 2.13. The smallest absolute Gasteiger partial charge is 0.244 e. The Balaban J connectivity index is 2.15. The number of hydrogen-bond donors (Lipinski definition) is 1. The van der Waals surface area contributed by atoms with E-state index in [0.29, 0.717) is 10.7 Å². The van der Waals surface area contributed by atoms with Gasteiger partial charge in [-0.1, -0.05) is 41.9 Å². The summed E-state index contributed by atoms with van der Waals surface area (Å²) in [6, 6.07) is 14.4. The van der Waals surface area contributed by atoms with E-state index in [0.717, 1.165) is 11.3 Å². The van der Waals surface area contributed by atoms with Crippen LogP contribution in [-0.2, 0) is 9.59 Å². The van der Waals surface area contributed by atoms with Crippen LogP contribution in [0.2, 0.25) is 5.02 Å². The average Bonchev–Trinajstić information content (AvgIpc) is 2.48. The van der Waals surface area contributed by atoms with Crippen LogP contribution in [0.15, 0.2) is 48.5 Å². The van der Waals surface area contributed by atoms with Crippen molar-refractivity contribution in [3.8, 4) is 0 Å². The van der Waals surface area contributed by atoms with Gasteiger partial charge >= 0.3 is 0 Å². The molecule has 0 saturated heterocycles. The van der Waals surface area contributed by atoms with Crippen molar-refractivity contribution in [1.29, 1.82) is 0 Å². The van der Waals surface area contributed by atoms with Gasteiger partial charge in [0.1, 0.15) is 6.54 Å². The monoisotopic (exact) mass is 316 g/mol. The Kier molecular flexibility index (Phi) is 5.17. The van der Waals surface area contributed by atoms with Crippen molar-refractivity contribution in [1.82, 2.24) is 0 Å². The summed E-state index contributed by atoms with van der Waals surface area (Å²) in [5.41, 5.74) is 2.19. The summed E-state index contributed by atoms with van der Waals surface area (Å²) in [5, 5.41) is 3.18. The zero-order valence-corrected chi connectivity index (χ0v) is 13.2. The molecule has 0 aromatic heterocycles. The first-order valence-electron chi connectivity index (χ1n) is 6.87. The predicted octanol–water partition coefficient (Wildman–Crippen LogP) is 3.64. The quantitative estimate of drug-likeness (QED) is 0.936. The summed E-state index contributed by atoms with van der Waals surface area (Å²) in [7, 11) is 0. The van der Waals surface area contributed by atoms with Gasteiger partial charge in [0.2, 0.25) is 11.8 Å². The molecule has 1 N–H and O–H groups in total. The molecule has 0 bridgehead atoms. The summed E-state index contributed by atoms with van der Waals surface area (Å²) in [4.78, 5) is 25.5. The van der Waals surface area contributed by atoms with Crippen molar-refractivity contribution in [2.45, 2.75) is 13.8 Å². The molecule has 0 atom stereocenters. The number of carbonyl (C=O) groups is 2. The van der Waals surface area contributed by atoms with Crippen molar-refractivity contribution in [2.75, 3.05) is 16.8 Å². The van der Waals surface area contributed by atoms with Gasteiger partial charge in [-0.25, -0.2) is 0 Å². The molecule has 2 aromatic rings. The van der Waals surface area contributed by atoms with E-state index < -0.39 is 0 Å². The number of carbonyl (C=O) groups excluding carboxylic acids is 2. The summed E-state index contributed by atoms with van der Waals surface area (Å²) < 4.78 is 0. The first-order chi connectivity index (χ1) is 10.5. The summed E-state index contributed by atoms with van der Waals surface area (Å²) in [5.74, 6) is -0.491. The van der Waals surface area contributed by atoms with E-state index in [4.69, 9.17) is 11.6 Å². The minimum Gasteiger partial charge on any atom is -0.323 e. The van der Waals surface area contributed by atoms with Crippen LogP contribution in [-0.4, -0.2) is 18.4 Å². The Morgan fingerprint density at radius 3 is 2.36 bits per heavy atom. The SMILES string of the molecule is CC(=O)N(CC(=O)Nc1ccccc1Cl)c1ccccc1C. The molecular weight excluding hydrogens is 300 g/mol. The number of aryl methyl sites for hydroxylation is 1. The Bertz CT molecular complexity index is 701. The number of nitrogens with one attached hydrogen (secondary N) is 1. The van der Waals surface area contributed by atoms with Gasteiger partial charge in [0, 0.05) is 12.6 Å². The fourth-order valence-corrected chi connectivity index (χ4v) is 2.31. The third-order valence-electron chi connectivity index (χ3n) is 3.24. The van der Waals surface area contributed by atoms with Gasteiger partial charge in [0.25, 0.3) is 0 Å². The van der Waals surface area contributed by atoms with Crippen LogP contribution in [0, 0.1) is 6.92 Å². The topological polar surface area (TPSA) is 49.4 Å². The maximum Gasteiger partial charge on any atom is 0.244 e. The molecule has 0 aliphatic heterocycles. The number of hydrogen-bond acceptors (Lipinski definition) is 2. The van der Waals surface area contributed by atoms with Crippen LogP contribution >= 0.6 is 11.6 Å². The maximum absolute atomic E-state index is 12.2. The van der Waals surface area contributed by atoms with Crippen molar-refractivity contribution >= 4 is 34.8 Å². The van der Waals surface area contributed by atoms with E-state index in [9.17, 15) is 9.59 Å². The maximum atomic E-state index is 12.2. The van der Waals surface area contributed by atoms with Crippen LogP contribution in [0.5, 0.6) is 0 Å². The standard InChI is InChI=1S/C17H17ClN2O2/c1-12-7-3-6-10-16(12)20(13(2)21)11-17(22)19-15-9-5-4-8-14(15)18/h3-10H,11H2,1-2H3,(H,19,22). The highest BCUT2D eigenvalue weighted by Crippen LogP contribution is 2.22. The van der Waals surface area contributed by atoms with Gasteiger partial charge < -0.3 is 10.2 Å². The van der Waals surface area contributed by atoms with Gasteiger partial charge in [-0.15, -0.1) is 0 Å². The molecule has 2 amide bonds.